The fraction of sp³-hybridized carbons (Fsp3) is 0.100. The van der Waals surface area contributed by atoms with Gasteiger partial charge in [-0.15, -0.1) is 0 Å². The van der Waals surface area contributed by atoms with Crippen LogP contribution in [-0.4, -0.2) is 17.6 Å². The van der Waals surface area contributed by atoms with Crippen molar-refractivity contribution in [1.82, 2.24) is 10.3 Å². The van der Waals surface area contributed by atoms with Gasteiger partial charge in [0.2, 0.25) is 0 Å². The van der Waals surface area contributed by atoms with E-state index >= 15 is 0 Å². The van der Waals surface area contributed by atoms with Crippen LogP contribution >= 0.6 is 0 Å². The Morgan fingerprint density at radius 2 is 1.54 bits per heavy atom. The van der Waals surface area contributed by atoms with Crippen molar-refractivity contribution < 1.29 is 4.79 Å². The van der Waals surface area contributed by atoms with E-state index in [1.54, 1.807) is 6.20 Å². The summed E-state index contributed by atoms with van der Waals surface area (Å²) in [6, 6.07) is 25.1. The molecule has 0 fully saturated rings. The topological polar surface area (TPSA) is 54.0 Å². The Balaban J connectivity index is 1.70. The van der Waals surface area contributed by atoms with Crippen molar-refractivity contribution in [3.8, 4) is 0 Å². The Morgan fingerprint density at radius 1 is 0.875 bits per heavy atom. The first-order valence-electron chi connectivity index (χ1n) is 7.89. The number of carbonyl (C=O) groups is 1. The molecule has 1 atom stereocenters. The Morgan fingerprint density at radius 3 is 2.21 bits per heavy atom. The van der Waals surface area contributed by atoms with Gasteiger partial charge in [0.05, 0.1) is 0 Å². The first-order valence-corrected chi connectivity index (χ1v) is 7.89. The molecule has 1 heterocycles. The van der Waals surface area contributed by atoms with Crippen LogP contribution in [0, 0.1) is 0 Å². The molecule has 2 aromatic carbocycles. The van der Waals surface area contributed by atoms with Gasteiger partial charge in [0.1, 0.15) is 0 Å². The lowest BCUT2D eigenvalue weighted by Gasteiger charge is -2.18. The molecule has 1 aromatic heterocycles. The lowest BCUT2D eigenvalue weighted by atomic mass is 9.95. The van der Waals surface area contributed by atoms with Crippen LogP contribution in [-0.2, 0) is 0 Å². The van der Waals surface area contributed by atoms with Gasteiger partial charge in [-0.1, -0.05) is 54.6 Å². The quantitative estimate of drug-likeness (QED) is 0.746. The number of anilines is 1. The SMILES string of the molecule is O=C(NCC(c1ccccc1)c1ccccn1)Nc1ccccc1. The molecule has 0 saturated heterocycles. The molecule has 3 rings (SSSR count). The van der Waals surface area contributed by atoms with Crippen molar-refractivity contribution in [2.45, 2.75) is 5.92 Å². The van der Waals surface area contributed by atoms with Crippen LogP contribution < -0.4 is 10.6 Å². The zero-order valence-electron chi connectivity index (χ0n) is 13.2. The lowest BCUT2D eigenvalue weighted by Crippen LogP contribution is -2.33. The third-order valence-electron chi connectivity index (χ3n) is 3.75. The number of benzene rings is 2. The van der Waals surface area contributed by atoms with Crippen LogP contribution in [0.1, 0.15) is 17.2 Å². The number of nitrogens with zero attached hydrogens (tertiary/aromatic N) is 1. The summed E-state index contributed by atoms with van der Waals surface area (Å²) in [5.74, 6) is 0.00826. The van der Waals surface area contributed by atoms with E-state index in [0.29, 0.717) is 6.54 Å². The van der Waals surface area contributed by atoms with E-state index in [0.717, 1.165) is 16.9 Å². The van der Waals surface area contributed by atoms with Crippen LogP contribution in [0.2, 0.25) is 0 Å². The van der Waals surface area contributed by atoms with Gasteiger partial charge in [-0.05, 0) is 29.8 Å². The molecule has 1 unspecified atom stereocenters. The first kappa shape index (κ1) is 15.7. The van der Waals surface area contributed by atoms with E-state index in [4.69, 9.17) is 0 Å². The van der Waals surface area contributed by atoms with Gasteiger partial charge < -0.3 is 10.6 Å². The summed E-state index contributed by atoms with van der Waals surface area (Å²) < 4.78 is 0. The second-order valence-electron chi connectivity index (χ2n) is 5.42. The van der Waals surface area contributed by atoms with Gasteiger partial charge in [0, 0.05) is 30.0 Å². The minimum absolute atomic E-state index is 0.00826. The van der Waals surface area contributed by atoms with E-state index in [1.807, 2.05) is 66.7 Å². The second-order valence-corrected chi connectivity index (χ2v) is 5.42. The molecule has 2 amide bonds. The molecule has 0 saturated carbocycles. The average molecular weight is 317 g/mol. The number of amides is 2. The highest BCUT2D eigenvalue weighted by Crippen LogP contribution is 2.21. The van der Waals surface area contributed by atoms with Crippen LogP contribution in [0.4, 0.5) is 10.5 Å². The van der Waals surface area contributed by atoms with Crippen LogP contribution in [0.3, 0.4) is 0 Å². The minimum Gasteiger partial charge on any atom is -0.337 e. The van der Waals surface area contributed by atoms with Gasteiger partial charge in [0.15, 0.2) is 0 Å². The Bertz CT molecular complexity index is 721. The Hall–Kier alpha value is -3.14. The molecule has 0 radical (unpaired) electrons. The summed E-state index contributed by atoms with van der Waals surface area (Å²) >= 11 is 0. The zero-order valence-corrected chi connectivity index (χ0v) is 13.2. The Kier molecular flexibility index (Phi) is 5.20. The molecule has 2 N–H and O–H groups in total. The third-order valence-corrected chi connectivity index (χ3v) is 3.75. The molecular formula is C20H19N3O. The van der Waals surface area contributed by atoms with Gasteiger partial charge in [-0.2, -0.15) is 0 Å². The van der Waals surface area contributed by atoms with Crippen molar-refractivity contribution in [3.05, 3.63) is 96.3 Å². The van der Waals surface area contributed by atoms with E-state index in [-0.39, 0.29) is 11.9 Å². The fourth-order valence-corrected chi connectivity index (χ4v) is 2.55. The molecule has 0 aliphatic rings. The maximum atomic E-state index is 12.1. The standard InChI is InChI=1S/C20H19N3O/c24-20(23-17-11-5-2-6-12-17)22-15-18(16-9-3-1-4-10-16)19-13-7-8-14-21-19/h1-14,18H,15H2,(H2,22,23,24). The van der Waals surface area contributed by atoms with Crippen molar-refractivity contribution in [3.63, 3.8) is 0 Å². The predicted octanol–water partition coefficient (Wildman–Crippen LogP) is 4.04. The number of hydrogen-bond donors (Lipinski definition) is 2. The maximum Gasteiger partial charge on any atom is 0.319 e. The highest BCUT2D eigenvalue weighted by atomic mass is 16.2. The maximum absolute atomic E-state index is 12.1. The lowest BCUT2D eigenvalue weighted by molar-refractivity contribution is 0.252. The third kappa shape index (κ3) is 4.20. The van der Waals surface area contributed by atoms with Crippen molar-refractivity contribution in [2.24, 2.45) is 0 Å². The molecule has 4 heteroatoms. The number of para-hydroxylation sites is 1. The van der Waals surface area contributed by atoms with E-state index in [9.17, 15) is 4.79 Å². The van der Waals surface area contributed by atoms with E-state index < -0.39 is 0 Å². The van der Waals surface area contributed by atoms with Crippen LogP contribution in [0.25, 0.3) is 0 Å². The smallest absolute Gasteiger partial charge is 0.319 e. The highest BCUT2D eigenvalue weighted by molar-refractivity contribution is 5.89. The number of hydrogen-bond acceptors (Lipinski definition) is 2. The highest BCUT2D eigenvalue weighted by Gasteiger charge is 2.16. The summed E-state index contributed by atoms with van der Waals surface area (Å²) in [6.07, 6.45) is 1.77. The summed E-state index contributed by atoms with van der Waals surface area (Å²) in [5.41, 5.74) is 2.82. The molecule has 0 spiro atoms. The fourth-order valence-electron chi connectivity index (χ4n) is 2.55. The van der Waals surface area contributed by atoms with E-state index in [1.165, 1.54) is 0 Å². The Labute approximate surface area is 141 Å². The van der Waals surface area contributed by atoms with Crippen LogP contribution in [0.15, 0.2) is 85.1 Å². The molecule has 4 nitrogen and oxygen atoms in total. The molecular weight excluding hydrogens is 298 g/mol. The molecule has 0 aliphatic heterocycles. The number of aromatic nitrogens is 1. The monoisotopic (exact) mass is 317 g/mol. The summed E-state index contributed by atoms with van der Waals surface area (Å²) in [4.78, 5) is 16.6. The van der Waals surface area contributed by atoms with Crippen molar-refractivity contribution in [2.75, 3.05) is 11.9 Å². The molecule has 24 heavy (non-hydrogen) atoms. The largest absolute Gasteiger partial charge is 0.337 e. The van der Waals surface area contributed by atoms with E-state index in [2.05, 4.69) is 27.8 Å². The zero-order chi connectivity index (χ0) is 16.6. The molecule has 120 valence electrons. The van der Waals surface area contributed by atoms with Gasteiger partial charge in [-0.25, -0.2) is 4.79 Å². The van der Waals surface area contributed by atoms with Crippen molar-refractivity contribution >= 4 is 11.7 Å². The molecule has 0 bridgehead atoms. The first-order chi connectivity index (χ1) is 11.8. The summed E-state index contributed by atoms with van der Waals surface area (Å²) in [6.45, 7) is 0.472. The summed E-state index contributed by atoms with van der Waals surface area (Å²) in [5, 5.41) is 5.77. The number of pyridine rings is 1. The van der Waals surface area contributed by atoms with Crippen molar-refractivity contribution in [1.29, 1.82) is 0 Å². The van der Waals surface area contributed by atoms with Crippen LogP contribution in [0.5, 0.6) is 0 Å². The second kappa shape index (κ2) is 7.92. The normalized spacial score (nSPS) is 11.5. The predicted molar refractivity (Wildman–Crippen MR) is 96.0 cm³/mol. The summed E-state index contributed by atoms with van der Waals surface area (Å²) in [7, 11) is 0. The number of rotatable bonds is 5. The minimum atomic E-state index is -0.224. The number of nitrogens with one attached hydrogen (secondary N) is 2. The number of urea groups is 1. The van der Waals surface area contributed by atoms with Gasteiger partial charge in [0.25, 0.3) is 0 Å². The molecule has 0 aliphatic carbocycles. The molecule has 3 aromatic rings. The van der Waals surface area contributed by atoms with Gasteiger partial charge >= 0.3 is 6.03 Å². The number of carbonyl (C=O) groups excluding carboxylic acids is 1. The van der Waals surface area contributed by atoms with Gasteiger partial charge in [-0.3, -0.25) is 4.98 Å². The average Bonchev–Trinajstić information content (AvgIpc) is 2.64.